The molecule has 0 saturated heterocycles. The zero-order chi connectivity index (χ0) is 21.1. The summed E-state index contributed by atoms with van der Waals surface area (Å²) in [5.74, 6) is -0.825. The van der Waals surface area contributed by atoms with Crippen molar-refractivity contribution >= 4 is 11.7 Å². The van der Waals surface area contributed by atoms with Crippen LogP contribution in [-0.4, -0.2) is 18.3 Å². The number of hydrogen-bond acceptors (Lipinski definition) is 3. The van der Waals surface area contributed by atoms with Crippen LogP contribution in [0.4, 0.5) is 4.39 Å². The minimum Gasteiger partial charge on any atom is -0.483 e. The smallest absolute Gasteiger partial charge is 0.258 e. The van der Waals surface area contributed by atoms with Gasteiger partial charge in [0.25, 0.3) is 5.91 Å². The zero-order valence-electron chi connectivity index (χ0n) is 16.6. The average Bonchev–Trinajstić information content (AvgIpc) is 3.08. The van der Waals surface area contributed by atoms with Crippen molar-refractivity contribution in [2.75, 3.05) is 6.61 Å². The van der Waals surface area contributed by atoms with Crippen molar-refractivity contribution in [3.05, 3.63) is 101 Å². The maximum Gasteiger partial charge on any atom is 0.258 e. The van der Waals surface area contributed by atoms with Crippen molar-refractivity contribution in [1.29, 1.82) is 0 Å². The van der Waals surface area contributed by atoms with Crippen LogP contribution in [0, 0.1) is 5.82 Å². The molecule has 3 aromatic carbocycles. The molecule has 0 fully saturated rings. The zero-order valence-corrected chi connectivity index (χ0v) is 16.6. The quantitative estimate of drug-likeness (QED) is 0.643. The highest BCUT2D eigenvalue weighted by atomic mass is 19.1. The first-order valence-electron chi connectivity index (χ1n) is 9.92. The van der Waals surface area contributed by atoms with Crippen molar-refractivity contribution in [2.45, 2.75) is 25.3 Å². The second-order valence-corrected chi connectivity index (χ2v) is 7.47. The number of halogens is 1. The molecule has 4 nitrogen and oxygen atoms in total. The summed E-state index contributed by atoms with van der Waals surface area (Å²) < 4.78 is 19.8. The van der Waals surface area contributed by atoms with Gasteiger partial charge in [0.15, 0.2) is 12.4 Å². The molecule has 0 saturated carbocycles. The van der Waals surface area contributed by atoms with E-state index >= 15 is 0 Å². The fraction of sp³-hybridized carbons (Fsp3) is 0.200. The highest BCUT2D eigenvalue weighted by Crippen LogP contribution is 2.39. The maximum absolute atomic E-state index is 14.2. The van der Waals surface area contributed by atoms with Crippen LogP contribution in [0.3, 0.4) is 0 Å². The average molecular weight is 403 g/mol. The van der Waals surface area contributed by atoms with E-state index in [1.165, 1.54) is 12.1 Å². The van der Waals surface area contributed by atoms with Crippen LogP contribution in [0.2, 0.25) is 0 Å². The minimum atomic E-state index is -0.409. The molecule has 152 valence electrons. The molecule has 1 aliphatic rings. The van der Waals surface area contributed by atoms with Gasteiger partial charge < -0.3 is 10.1 Å². The summed E-state index contributed by atoms with van der Waals surface area (Å²) in [7, 11) is 0. The largest absolute Gasteiger partial charge is 0.483 e. The standard InChI is InChI=1S/C25H22FNO3/c1-16-14-20(28)24-21(13-12-19(26)23(16)24)30-15-22(29)27-25(17-8-4-2-5-9-17)18-10-6-3-7-11-18/h2-13,16,25H,14-15H2,1H3,(H,27,29)/t16-/m0/s1. The van der Waals surface area contributed by atoms with Gasteiger partial charge in [-0.25, -0.2) is 4.39 Å². The molecule has 0 radical (unpaired) electrons. The lowest BCUT2D eigenvalue weighted by Gasteiger charge is -2.20. The predicted octanol–water partition coefficient (Wildman–Crippen LogP) is 4.80. The van der Waals surface area contributed by atoms with Crippen LogP contribution in [0.15, 0.2) is 72.8 Å². The van der Waals surface area contributed by atoms with Crippen molar-refractivity contribution in [3.8, 4) is 5.75 Å². The van der Waals surface area contributed by atoms with Gasteiger partial charge in [0.05, 0.1) is 11.6 Å². The van der Waals surface area contributed by atoms with Gasteiger partial charge in [-0.2, -0.15) is 0 Å². The van der Waals surface area contributed by atoms with Gasteiger partial charge in [0.2, 0.25) is 0 Å². The molecular weight excluding hydrogens is 381 g/mol. The third-order valence-corrected chi connectivity index (χ3v) is 5.35. The molecule has 0 bridgehead atoms. The van der Waals surface area contributed by atoms with E-state index in [0.717, 1.165) is 11.1 Å². The molecule has 3 aromatic rings. The van der Waals surface area contributed by atoms with E-state index in [2.05, 4.69) is 5.32 Å². The Morgan fingerprint density at radius 1 is 1.03 bits per heavy atom. The monoisotopic (exact) mass is 403 g/mol. The maximum atomic E-state index is 14.2. The Labute approximate surface area is 174 Å². The second kappa shape index (κ2) is 8.49. The Bertz CT molecular complexity index is 1030. The van der Waals surface area contributed by atoms with Crippen LogP contribution >= 0.6 is 0 Å². The molecule has 5 heteroatoms. The van der Waals surface area contributed by atoms with Gasteiger partial charge in [-0.3, -0.25) is 9.59 Å². The fourth-order valence-corrected chi connectivity index (χ4v) is 3.94. The molecular formula is C25H22FNO3. The predicted molar refractivity (Wildman–Crippen MR) is 112 cm³/mol. The summed E-state index contributed by atoms with van der Waals surface area (Å²) in [4.78, 5) is 25.0. The van der Waals surface area contributed by atoms with Gasteiger partial charge in [-0.1, -0.05) is 67.6 Å². The van der Waals surface area contributed by atoms with E-state index in [4.69, 9.17) is 4.74 Å². The summed E-state index contributed by atoms with van der Waals surface area (Å²) in [6.45, 7) is 1.55. The Balaban J connectivity index is 1.51. The highest BCUT2D eigenvalue weighted by molar-refractivity contribution is 6.03. The topological polar surface area (TPSA) is 55.4 Å². The molecule has 0 heterocycles. The van der Waals surface area contributed by atoms with Crippen molar-refractivity contribution in [2.24, 2.45) is 0 Å². The van der Waals surface area contributed by atoms with E-state index in [1.54, 1.807) is 0 Å². The minimum absolute atomic E-state index is 0.154. The van der Waals surface area contributed by atoms with Crippen LogP contribution in [0.1, 0.15) is 52.4 Å². The number of rotatable bonds is 6. The Morgan fingerprint density at radius 3 is 2.23 bits per heavy atom. The highest BCUT2D eigenvalue weighted by Gasteiger charge is 2.32. The van der Waals surface area contributed by atoms with Crippen molar-refractivity contribution in [1.82, 2.24) is 5.32 Å². The van der Waals surface area contributed by atoms with Crippen molar-refractivity contribution < 1.29 is 18.7 Å². The third kappa shape index (κ3) is 3.96. The molecule has 0 spiro atoms. The van der Waals surface area contributed by atoms with E-state index < -0.39 is 5.82 Å². The molecule has 1 atom stereocenters. The first-order valence-corrected chi connectivity index (χ1v) is 9.92. The lowest BCUT2D eigenvalue weighted by Crippen LogP contribution is -2.33. The molecule has 4 rings (SSSR count). The van der Waals surface area contributed by atoms with Crippen LogP contribution in [0.25, 0.3) is 0 Å². The first kappa shape index (κ1) is 19.8. The number of benzene rings is 3. The lowest BCUT2D eigenvalue weighted by atomic mass is 9.99. The molecule has 0 aromatic heterocycles. The van der Waals surface area contributed by atoms with E-state index in [-0.39, 0.29) is 48.0 Å². The number of ketones is 1. The lowest BCUT2D eigenvalue weighted by molar-refractivity contribution is -0.123. The normalized spacial score (nSPS) is 15.2. The molecule has 0 aliphatic heterocycles. The number of carbonyl (C=O) groups excluding carboxylic acids is 2. The summed E-state index contributed by atoms with van der Waals surface area (Å²) in [6.07, 6.45) is 0.253. The summed E-state index contributed by atoms with van der Waals surface area (Å²) >= 11 is 0. The number of fused-ring (bicyclic) bond motifs is 1. The number of Topliss-reactive ketones (excluding diaryl/α,β-unsaturated/α-hetero) is 1. The van der Waals surface area contributed by atoms with Gasteiger partial charge in [0.1, 0.15) is 11.6 Å². The summed E-state index contributed by atoms with van der Waals surface area (Å²) in [6, 6.07) is 21.7. The number of carbonyl (C=O) groups is 2. The number of nitrogens with one attached hydrogen (secondary N) is 1. The molecule has 0 unspecified atom stereocenters. The SMILES string of the molecule is C[C@H]1CC(=O)c2c(OCC(=O)NC(c3ccccc3)c3ccccc3)ccc(F)c21. The Kier molecular flexibility index (Phi) is 5.61. The van der Waals surface area contributed by atoms with Gasteiger partial charge >= 0.3 is 0 Å². The van der Waals surface area contributed by atoms with Crippen LogP contribution in [0.5, 0.6) is 5.75 Å². The van der Waals surface area contributed by atoms with Crippen LogP contribution in [-0.2, 0) is 4.79 Å². The van der Waals surface area contributed by atoms with Crippen LogP contribution < -0.4 is 10.1 Å². The first-order chi connectivity index (χ1) is 14.5. The molecule has 1 amide bonds. The third-order valence-electron chi connectivity index (χ3n) is 5.35. The second-order valence-electron chi connectivity index (χ2n) is 7.47. The van der Waals surface area contributed by atoms with Gasteiger partial charge in [-0.15, -0.1) is 0 Å². The summed E-state index contributed by atoms with van der Waals surface area (Å²) in [5, 5.41) is 3.00. The van der Waals surface area contributed by atoms with E-state index in [0.29, 0.717) is 5.56 Å². The van der Waals surface area contributed by atoms with Gasteiger partial charge in [-0.05, 0) is 29.2 Å². The Hall–Kier alpha value is -3.47. The fourth-order valence-electron chi connectivity index (χ4n) is 3.94. The Morgan fingerprint density at radius 2 is 1.63 bits per heavy atom. The van der Waals surface area contributed by atoms with E-state index in [9.17, 15) is 14.0 Å². The van der Waals surface area contributed by atoms with Crippen molar-refractivity contribution in [3.63, 3.8) is 0 Å². The molecule has 30 heavy (non-hydrogen) atoms. The number of amides is 1. The van der Waals surface area contributed by atoms with E-state index in [1.807, 2.05) is 67.6 Å². The van der Waals surface area contributed by atoms with Gasteiger partial charge in [0, 0.05) is 12.0 Å². The molecule has 1 N–H and O–H groups in total. The number of hydrogen-bond donors (Lipinski definition) is 1. The summed E-state index contributed by atoms with van der Waals surface area (Å²) in [5.41, 5.74) is 2.54. The number of ether oxygens (including phenoxy) is 1. The molecule has 1 aliphatic carbocycles.